The minimum absolute atomic E-state index is 0. The summed E-state index contributed by atoms with van der Waals surface area (Å²) in [6, 6.07) is 2.55. The number of unbranched alkanes of at least 4 members (excludes halogenated alkanes) is 4. The number of likely N-dealkylation sites (tertiary alicyclic amines) is 1. The highest BCUT2D eigenvalue weighted by atomic mass is 35.5. The number of hydrogen-bond acceptors (Lipinski definition) is 6. The average molecular weight is 421 g/mol. The van der Waals surface area contributed by atoms with Gasteiger partial charge in [0.1, 0.15) is 22.8 Å². The molecule has 3 rings (SSSR count). The quantitative estimate of drug-likeness (QED) is 0.527. The van der Waals surface area contributed by atoms with Gasteiger partial charge in [-0.05, 0) is 58.2 Å². The summed E-state index contributed by atoms with van der Waals surface area (Å²) < 4.78 is 5.64. The SMILES string of the molecule is CCCCOc1nc(N)c2[nH]c(C#N)c(CCCCCCN3CCCC3)c2n1.Cl. The molecule has 0 atom stereocenters. The van der Waals surface area contributed by atoms with Gasteiger partial charge in [0.2, 0.25) is 0 Å². The van der Waals surface area contributed by atoms with E-state index in [1.165, 1.54) is 45.3 Å². The summed E-state index contributed by atoms with van der Waals surface area (Å²) in [5.41, 5.74) is 8.92. The lowest BCUT2D eigenvalue weighted by atomic mass is 10.1. The molecule has 160 valence electrons. The van der Waals surface area contributed by atoms with Crippen molar-refractivity contribution in [1.29, 1.82) is 5.26 Å². The third-order valence-corrected chi connectivity index (χ3v) is 5.44. The highest BCUT2D eigenvalue weighted by molar-refractivity contribution is 5.89. The van der Waals surface area contributed by atoms with Crippen LogP contribution in [0.25, 0.3) is 11.0 Å². The van der Waals surface area contributed by atoms with Gasteiger partial charge < -0.3 is 20.4 Å². The molecule has 0 saturated carbocycles. The molecule has 1 fully saturated rings. The normalized spacial score (nSPS) is 14.1. The van der Waals surface area contributed by atoms with Crippen LogP contribution in [-0.2, 0) is 6.42 Å². The van der Waals surface area contributed by atoms with Gasteiger partial charge in [-0.25, -0.2) is 0 Å². The predicted octanol–water partition coefficient (Wildman–Crippen LogP) is 4.21. The molecule has 3 heterocycles. The maximum absolute atomic E-state index is 9.51. The first-order valence-corrected chi connectivity index (χ1v) is 10.7. The number of nitriles is 1. The summed E-state index contributed by atoms with van der Waals surface area (Å²) in [6.45, 7) is 6.44. The number of aryl methyl sites for hydroxylation is 1. The molecule has 0 radical (unpaired) electrons. The van der Waals surface area contributed by atoms with Gasteiger partial charge in [-0.15, -0.1) is 12.4 Å². The van der Waals surface area contributed by atoms with Crippen molar-refractivity contribution in [1.82, 2.24) is 19.9 Å². The molecule has 1 aliphatic rings. The maximum atomic E-state index is 9.51. The first-order chi connectivity index (χ1) is 13.7. The Morgan fingerprint density at radius 3 is 2.62 bits per heavy atom. The third-order valence-electron chi connectivity index (χ3n) is 5.44. The number of nitrogens with zero attached hydrogens (tertiary/aromatic N) is 4. The van der Waals surface area contributed by atoms with Crippen molar-refractivity contribution < 1.29 is 4.74 Å². The number of ether oxygens (including phenoxy) is 1. The highest BCUT2D eigenvalue weighted by Crippen LogP contribution is 2.27. The largest absolute Gasteiger partial charge is 0.463 e. The summed E-state index contributed by atoms with van der Waals surface area (Å²) in [6.07, 6.45) is 10.2. The van der Waals surface area contributed by atoms with E-state index in [0.29, 0.717) is 29.6 Å². The van der Waals surface area contributed by atoms with Crippen LogP contribution < -0.4 is 10.5 Å². The van der Waals surface area contributed by atoms with Crippen molar-refractivity contribution in [3.63, 3.8) is 0 Å². The van der Waals surface area contributed by atoms with Crippen LogP contribution in [0.3, 0.4) is 0 Å². The fourth-order valence-corrected chi connectivity index (χ4v) is 3.83. The number of halogens is 1. The van der Waals surface area contributed by atoms with Gasteiger partial charge in [-0.2, -0.15) is 15.2 Å². The van der Waals surface area contributed by atoms with Crippen LogP contribution in [0.15, 0.2) is 0 Å². The number of aromatic amines is 1. The Morgan fingerprint density at radius 1 is 1.14 bits per heavy atom. The topological polar surface area (TPSA) is 104 Å². The molecule has 3 N–H and O–H groups in total. The van der Waals surface area contributed by atoms with E-state index in [2.05, 4.69) is 32.8 Å². The monoisotopic (exact) mass is 420 g/mol. The molecule has 7 nitrogen and oxygen atoms in total. The van der Waals surface area contributed by atoms with Gasteiger partial charge in [0.25, 0.3) is 0 Å². The van der Waals surface area contributed by atoms with Crippen LogP contribution >= 0.6 is 12.4 Å². The molecule has 0 aromatic carbocycles. The van der Waals surface area contributed by atoms with Crippen LogP contribution in [0, 0.1) is 11.3 Å². The van der Waals surface area contributed by atoms with Crippen LogP contribution in [-0.4, -0.2) is 46.1 Å². The minimum atomic E-state index is 0. The molecule has 2 aromatic heterocycles. The van der Waals surface area contributed by atoms with Crippen LogP contribution in [0.4, 0.5) is 5.82 Å². The highest BCUT2D eigenvalue weighted by Gasteiger charge is 2.17. The Bertz CT molecular complexity index is 810. The standard InChI is InChI=1S/C21H32N6O.ClH/c1-2-3-14-28-21-25-18-16(17(15-22)24-19(18)20(23)26-21)10-6-4-5-7-11-27-12-8-9-13-27;/h24H,2-14H2,1H3,(H2,23,25,26);1H. The van der Waals surface area contributed by atoms with Crippen molar-refractivity contribution in [2.75, 3.05) is 32.0 Å². The molecular formula is C21H33ClN6O. The van der Waals surface area contributed by atoms with E-state index in [-0.39, 0.29) is 12.4 Å². The molecule has 0 amide bonds. The summed E-state index contributed by atoms with van der Waals surface area (Å²) in [4.78, 5) is 14.4. The zero-order valence-corrected chi connectivity index (χ0v) is 18.2. The Kier molecular flexibility index (Phi) is 9.49. The number of rotatable bonds is 11. The second-order valence-electron chi connectivity index (χ2n) is 7.62. The summed E-state index contributed by atoms with van der Waals surface area (Å²) >= 11 is 0. The summed E-state index contributed by atoms with van der Waals surface area (Å²) in [5.74, 6) is 0.338. The molecule has 1 saturated heterocycles. The van der Waals surface area contributed by atoms with Crippen LogP contribution in [0.1, 0.15) is 69.5 Å². The maximum Gasteiger partial charge on any atom is 0.319 e. The molecule has 0 aliphatic carbocycles. The van der Waals surface area contributed by atoms with E-state index < -0.39 is 0 Å². The minimum Gasteiger partial charge on any atom is -0.463 e. The molecule has 29 heavy (non-hydrogen) atoms. The molecule has 8 heteroatoms. The fourth-order valence-electron chi connectivity index (χ4n) is 3.83. The number of nitrogens with one attached hydrogen (secondary N) is 1. The molecule has 0 unspecified atom stereocenters. The zero-order valence-electron chi connectivity index (χ0n) is 17.4. The third kappa shape index (κ3) is 6.22. The number of hydrogen-bond donors (Lipinski definition) is 2. The van der Waals surface area contributed by atoms with E-state index in [0.717, 1.165) is 43.2 Å². The predicted molar refractivity (Wildman–Crippen MR) is 119 cm³/mol. The Balaban J connectivity index is 0.00000300. The number of H-pyrrole nitrogens is 1. The average Bonchev–Trinajstić information content (AvgIpc) is 3.33. The Morgan fingerprint density at radius 2 is 1.90 bits per heavy atom. The molecule has 1 aliphatic heterocycles. The van der Waals surface area contributed by atoms with Gasteiger partial charge in [0.15, 0.2) is 5.82 Å². The van der Waals surface area contributed by atoms with E-state index in [4.69, 9.17) is 10.5 Å². The fraction of sp³-hybridized carbons (Fsp3) is 0.667. The number of fused-ring (bicyclic) bond motifs is 1. The summed E-state index contributed by atoms with van der Waals surface area (Å²) in [5, 5.41) is 9.51. The number of nitrogen functional groups attached to an aromatic ring is 1. The Labute approximate surface area is 179 Å². The van der Waals surface area contributed by atoms with Crippen molar-refractivity contribution in [2.24, 2.45) is 0 Å². The molecular weight excluding hydrogens is 388 g/mol. The zero-order chi connectivity index (χ0) is 19.8. The molecule has 0 spiro atoms. The van der Waals surface area contributed by atoms with Crippen molar-refractivity contribution in [3.8, 4) is 12.1 Å². The van der Waals surface area contributed by atoms with Gasteiger partial charge >= 0.3 is 6.01 Å². The second-order valence-corrected chi connectivity index (χ2v) is 7.62. The van der Waals surface area contributed by atoms with Crippen molar-refractivity contribution >= 4 is 29.3 Å². The number of anilines is 1. The summed E-state index contributed by atoms with van der Waals surface area (Å²) in [7, 11) is 0. The second kappa shape index (κ2) is 11.8. The van der Waals surface area contributed by atoms with E-state index >= 15 is 0 Å². The first-order valence-electron chi connectivity index (χ1n) is 10.7. The van der Waals surface area contributed by atoms with Crippen molar-refractivity contribution in [3.05, 3.63) is 11.3 Å². The van der Waals surface area contributed by atoms with Gasteiger partial charge in [-0.3, -0.25) is 0 Å². The number of aromatic nitrogens is 3. The van der Waals surface area contributed by atoms with E-state index in [1.54, 1.807) is 0 Å². The lowest BCUT2D eigenvalue weighted by Crippen LogP contribution is -2.20. The van der Waals surface area contributed by atoms with Gasteiger partial charge in [0.05, 0.1) is 6.61 Å². The number of nitrogens with two attached hydrogens (primary N) is 1. The molecule has 0 bridgehead atoms. The van der Waals surface area contributed by atoms with Gasteiger partial charge in [0, 0.05) is 5.56 Å². The Hall–Kier alpha value is -2.04. The lowest BCUT2D eigenvalue weighted by molar-refractivity contribution is 0.287. The van der Waals surface area contributed by atoms with Gasteiger partial charge in [-0.1, -0.05) is 26.2 Å². The van der Waals surface area contributed by atoms with Crippen LogP contribution in [0.2, 0.25) is 0 Å². The van der Waals surface area contributed by atoms with E-state index in [1.807, 2.05) is 0 Å². The van der Waals surface area contributed by atoms with Crippen molar-refractivity contribution in [2.45, 2.75) is 64.7 Å². The lowest BCUT2D eigenvalue weighted by Gasteiger charge is -2.13. The molecule has 2 aromatic rings. The van der Waals surface area contributed by atoms with E-state index in [9.17, 15) is 5.26 Å². The first kappa shape index (κ1) is 23.2. The smallest absolute Gasteiger partial charge is 0.319 e. The van der Waals surface area contributed by atoms with Crippen LogP contribution in [0.5, 0.6) is 6.01 Å².